The molecule has 4 rings (SSSR count). The Morgan fingerprint density at radius 1 is 1.30 bits per heavy atom. The topological polar surface area (TPSA) is 54.2 Å². The lowest BCUT2D eigenvalue weighted by Gasteiger charge is -2.37. The number of nitrogens with one attached hydrogen (secondary N) is 1. The molecule has 1 saturated heterocycles. The zero-order valence-corrected chi connectivity index (χ0v) is 12.1. The molecule has 1 fully saturated rings. The quantitative estimate of drug-likeness (QED) is 0.711. The molecule has 1 aliphatic heterocycles. The van der Waals surface area contributed by atoms with Crippen molar-refractivity contribution in [2.45, 2.75) is 6.04 Å². The standard InChI is InChI=1S/C15H16N4S/c1-19-7-10(8-19)17-15-12-4-5-20-14(12)11-3-2-9(16)6-13(11)18-15/h2-6,10H,7-8,16H2,1H3,(H,17,18). The zero-order valence-electron chi connectivity index (χ0n) is 11.3. The molecule has 4 nitrogen and oxygen atoms in total. The number of pyridine rings is 1. The number of likely N-dealkylation sites (N-methyl/N-ethyl adjacent to an activating group) is 1. The van der Waals surface area contributed by atoms with Crippen LogP contribution in [0.3, 0.4) is 0 Å². The average molecular weight is 284 g/mol. The summed E-state index contributed by atoms with van der Waals surface area (Å²) in [5, 5.41) is 8.08. The van der Waals surface area contributed by atoms with Gasteiger partial charge in [-0.3, -0.25) is 0 Å². The van der Waals surface area contributed by atoms with Crippen molar-refractivity contribution < 1.29 is 0 Å². The minimum Gasteiger partial charge on any atom is -0.399 e. The third kappa shape index (κ3) is 1.82. The van der Waals surface area contributed by atoms with Crippen molar-refractivity contribution in [3.05, 3.63) is 29.6 Å². The van der Waals surface area contributed by atoms with Crippen molar-refractivity contribution in [1.29, 1.82) is 0 Å². The molecule has 3 aromatic rings. The van der Waals surface area contributed by atoms with Gasteiger partial charge in [0.05, 0.1) is 11.6 Å². The van der Waals surface area contributed by atoms with Gasteiger partial charge in [0.2, 0.25) is 0 Å². The average Bonchev–Trinajstić information content (AvgIpc) is 2.86. The summed E-state index contributed by atoms with van der Waals surface area (Å²) in [6, 6.07) is 8.60. The number of hydrogen-bond donors (Lipinski definition) is 2. The molecule has 0 radical (unpaired) electrons. The van der Waals surface area contributed by atoms with Crippen LogP contribution in [0.25, 0.3) is 21.0 Å². The SMILES string of the molecule is CN1CC(Nc2nc3cc(N)ccc3c3sccc23)C1. The highest BCUT2D eigenvalue weighted by molar-refractivity contribution is 7.18. The number of anilines is 2. The molecule has 0 spiro atoms. The summed E-state index contributed by atoms with van der Waals surface area (Å²) in [7, 11) is 2.13. The molecule has 1 aliphatic rings. The number of benzene rings is 1. The number of hydrogen-bond acceptors (Lipinski definition) is 5. The molecule has 102 valence electrons. The van der Waals surface area contributed by atoms with Crippen LogP contribution in [0, 0.1) is 0 Å². The number of nitrogens with two attached hydrogens (primary N) is 1. The summed E-state index contributed by atoms with van der Waals surface area (Å²) < 4.78 is 1.28. The molecule has 3 heterocycles. The molecule has 20 heavy (non-hydrogen) atoms. The number of aromatic nitrogens is 1. The Labute approximate surface area is 121 Å². The van der Waals surface area contributed by atoms with Gasteiger partial charge in [-0.1, -0.05) is 0 Å². The Morgan fingerprint density at radius 2 is 2.15 bits per heavy atom. The van der Waals surface area contributed by atoms with Crippen LogP contribution in [0.15, 0.2) is 29.6 Å². The summed E-state index contributed by atoms with van der Waals surface area (Å²) in [5.41, 5.74) is 7.61. The molecule has 5 heteroatoms. The van der Waals surface area contributed by atoms with Crippen LogP contribution >= 0.6 is 11.3 Å². The monoisotopic (exact) mass is 284 g/mol. The molecule has 0 aliphatic carbocycles. The summed E-state index contributed by atoms with van der Waals surface area (Å²) >= 11 is 1.76. The van der Waals surface area contributed by atoms with Crippen LogP contribution in [0.2, 0.25) is 0 Å². The fourth-order valence-electron chi connectivity index (χ4n) is 2.81. The fraction of sp³-hybridized carbons (Fsp3) is 0.267. The van der Waals surface area contributed by atoms with Crippen LogP contribution in [-0.4, -0.2) is 36.1 Å². The second-order valence-electron chi connectivity index (χ2n) is 5.46. The van der Waals surface area contributed by atoms with E-state index in [9.17, 15) is 0 Å². The van der Waals surface area contributed by atoms with Gasteiger partial charge in [0.15, 0.2) is 0 Å². The van der Waals surface area contributed by atoms with Crippen molar-refractivity contribution in [3.8, 4) is 0 Å². The van der Waals surface area contributed by atoms with Gasteiger partial charge in [0.1, 0.15) is 5.82 Å². The maximum absolute atomic E-state index is 5.89. The fourth-order valence-corrected chi connectivity index (χ4v) is 3.74. The van der Waals surface area contributed by atoms with Crippen LogP contribution in [0.4, 0.5) is 11.5 Å². The number of rotatable bonds is 2. The van der Waals surface area contributed by atoms with Crippen molar-refractivity contribution in [2.24, 2.45) is 0 Å². The van der Waals surface area contributed by atoms with Crippen LogP contribution in [0.5, 0.6) is 0 Å². The van der Waals surface area contributed by atoms with E-state index < -0.39 is 0 Å². The lowest BCUT2D eigenvalue weighted by molar-refractivity contribution is 0.205. The minimum absolute atomic E-state index is 0.495. The first-order valence-electron chi connectivity index (χ1n) is 6.72. The van der Waals surface area contributed by atoms with E-state index in [4.69, 9.17) is 10.7 Å². The molecule has 0 saturated carbocycles. The largest absolute Gasteiger partial charge is 0.399 e. The summed E-state index contributed by atoms with van der Waals surface area (Å²) in [6.45, 7) is 2.14. The van der Waals surface area contributed by atoms with E-state index >= 15 is 0 Å². The van der Waals surface area contributed by atoms with Gasteiger partial charge in [-0.05, 0) is 36.7 Å². The van der Waals surface area contributed by atoms with E-state index in [1.807, 2.05) is 12.1 Å². The van der Waals surface area contributed by atoms with Gasteiger partial charge in [-0.25, -0.2) is 4.98 Å². The highest BCUT2D eigenvalue weighted by atomic mass is 32.1. The second kappa shape index (κ2) is 4.33. The number of likely N-dealkylation sites (tertiary alicyclic amines) is 1. The van der Waals surface area contributed by atoms with E-state index in [1.165, 1.54) is 15.5 Å². The number of thiophene rings is 1. The van der Waals surface area contributed by atoms with E-state index in [-0.39, 0.29) is 0 Å². The second-order valence-corrected chi connectivity index (χ2v) is 6.38. The van der Waals surface area contributed by atoms with Crippen LogP contribution in [-0.2, 0) is 0 Å². The summed E-state index contributed by atoms with van der Waals surface area (Å²) in [5.74, 6) is 0.984. The third-order valence-electron chi connectivity index (χ3n) is 3.82. The molecule has 3 N–H and O–H groups in total. The lowest BCUT2D eigenvalue weighted by atomic mass is 10.1. The molecule has 0 amide bonds. The van der Waals surface area contributed by atoms with Gasteiger partial charge in [0, 0.05) is 34.2 Å². The number of nitrogens with zero attached hydrogens (tertiary/aromatic N) is 2. The Bertz CT molecular complexity index is 789. The number of nitrogen functional groups attached to an aromatic ring is 1. The van der Waals surface area contributed by atoms with Gasteiger partial charge >= 0.3 is 0 Å². The Balaban J connectivity index is 1.86. The summed E-state index contributed by atoms with van der Waals surface area (Å²) in [6.07, 6.45) is 0. The molecular formula is C15H16N4S. The first-order chi connectivity index (χ1) is 9.70. The Kier molecular flexibility index (Phi) is 2.58. The van der Waals surface area contributed by atoms with E-state index in [2.05, 4.69) is 34.8 Å². The Hall–Kier alpha value is -1.85. The van der Waals surface area contributed by atoms with Gasteiger partial charge < -0.3 is 16.0 Å². The van der Waals surface area contributed by atoms with Crippen molar-refractivity contribution in [3.63, 3.8) is 0 Å². The van der Waals surface area contributed by atoms with Gasteiger partial charge in [0.25, 0.3) is 0 Å². The Morgan fingerprint density at radius 3 is 2.95 bits per heavy atom. The highest BCUT2D eigenvalue weighted by Gasteiger charge is 2.24. The minimum atomic E-state index is 0.495. The molecule has 1 aromatic carbocycles. The maximum Gasteiger partial charge on any atom is 0.135 e. The first kappa shape index (κ1) is 11.9. The van der Waals surface area contributed by atoms with E-state index in [0.717, 1.165) is 30.1 Å². The molecule has 0 atom stereocenters. The van der Waals surface area contributed by atoms with Crippen molar-refractivity contribution in [1.82, 2.24) is 9.88 Å². The highest BCUT2D eigenvalue weighted by Crippen LogP contribution is 2.34. The molecule has 0 bridgehead atoms. The predicted molar refractivity (Wildman–Crippen MR) is 86.4 cm³/mol. The summed E-state index contributed by atoms with van der Waals surface area (Å²) in [4.78, 5) is 7.07. The third-order valence-corrected chi connectivity index (χ3v) is 4.77. The molecule has 0 unspecified atom stereocenters. The van der Waals surface area contributed by atoms with Crippen LogP contribution in [0.1, 0.15) is 0 Å². The van der Waals surface area contributed by atoms with Gasteiger partial charge in [-0.15, -0.1) is 11.3 Å². The van der Waals surface area contributed by atoms with Crippen molar-refractivity contribution >= 4 is 43.8 Å². The number of fused-ring (bicyclic) bond motifs is 3. The predicted octanol–water partition coefficient (Wildman–Crippen LogP) is 2.76. The van der Waals surface area contributed by atoms with Crippen molar-refractivity contribution in [2.75, 3.05) is 31.2 Å². The smallest absolute Gasteiger partial charge is 0.135 e. The zero-order chi connectivity index (χ0) is 13.7. The van der Waals surface area contributed by atoms with E-state index in [0.29, 0.717) is 6.04 Å². The maximum atomic E-state index is 5.89. The van der Waals surface area contributed by atoms with Crippen LogP contribution < -0.4 is 11.1 Å². The molecule has 2 aromatic heterocycles. The normalized spacial score (nSPS) is 16.6. The van der Waals surface area contributed by atoms with E-state index in [1.54, 1.807) is 11.3 Å². The van der Waals surface area contributed by atoms with Gasteiger partial charge in [-0.2, -0.15) is 0 Å². The lowest BCUT2D eigenvalue weighted by Crippen LogP contribution is -2.52. The first-order valence-corrected chi connectivity index (χ1v) is 7.60. The molecular weight excluding hydrogens is 268 g/mol.